The maximum atomic E-state index is 9.60. The van der Waals surface area contributed by atoms with E-state index in [4.69, 9.17) is 0 Å². The van der Waals surface area contributed by atoms with Crippen LogP contribution in [-0.2, 0) is 0 Å². The molecule has 3 aliphatic carbocycles. The number of hydrogen-bond donors (Lipinski definition) is 1. The van der Waals surface area contributed by atoms with Gasteiger partial charge in [0.05, 0.1) is 6.10 Å². The molecule has 11 heavy (non-hydrogen) atoms. The number of rotatable bonds is 0. The zero-order valence-electron chi connectivity index (χ0n) is 6.35. The minimum atomic E-state index is -0.153. The molecule has 0 radical (unpaired) electrons. The monoisotopic (exact) mass is 148 g/mol. The van der Waals surface area contributed by atoms with Crippen molar-refractivity contribution in [2.45, 2.75) is 12.5 Å². The summed E-state index contributed by atoms with van der Waals surface area (Å²) in [5.74, 6) is 2.62. The van der Waals surface area contributed by atoms with Gasteiger partial charge in [-0.3, -0.25) is 0 Å². The Kier molecular flexibility index (Phi) is 0.972. The van der Waals surface area contributed by atoms with Crippen LogP contribution in [0.25, 0.3) is 0 Å². The van der Waals surface area contributed by atoms with E-state index in [1.165, 1.54) is 6.42 Å². The second-order valence-electron chi connectivity index (χ2n) is 3.98. The van der Waals surface area contributed by atoms with Crippen LogP contribution in [-0.4, -0.2) is 11.2 Å². The average Bonchev–Trinajstić information content (AvgIpc) is 2.60. The fourth-order valence-corrected chi connectivity index (χ4v) is 3.02. The van der Waals surface area contributed by atoms with Crippen LogP contribution in [0.2, 0.25) is 0 Å². The van der Waals surface area contributed by atoms with Crippen molar-refractivity contribution >= 4 is 0 Å². The van der Waals surface area contributed by atoms with Gasteiger partial charge in [0.2, 0.25) is 0 Å². The SMILES string of the molecule is O[C@@H]1C=C[C@H]2[C@H]1[C@H]1C=C[C@@H]2C1. The lowest BCUT2D eigenvalue weighted by atomic mass is 9.84. The van der Waals surface area contributed by atoms with Gasteiger partial charge in [0.15, 0.2) is 0 Å². The molecule has 0 aliphatic heterocycles. The van der Waals surface area contributed by atoms with Crippen molar-refractivity contribution in [2.24, 2.45) is 23.7 Å². The van der Waals surface area contributed by atoms with Gasteiger partial charge in [-0.2, -0.15) is 0 Å². The molecule has 1 fully saturated rings. The van der Waals surface area contributed by atoms with E-state index in [0.717, 1.165) is 5.92 Å². The summed E-state index contributed by atoms with van der Waals surface area (Å²) in [5.41, 5.74) is 0. The standard InChI is InChI=1S/C10H12O/c11-9-4-3-8-6-1-2-7(5-6)10(8)9/h1-4,6-11H,5H2/t6-,7+,8-,9-,10-/m1/s1. The van der Waals surface area contributed by atoms with Gasteiger partial charge in [-0.15, -0.1) is 0 Å². The first-order valence-corrected chi connectivity index (χ1v) is 4.41. The fraction of sp³-hybridized carbons (Fsp3) is 0.600. The topological polar surface area (TPSA) is 20.2 Å². The molecule has 5 atom stereocenters. The lowest BCUT2D eigenvalue weighted by Gasteiger charge is -2.22. The van der Waals surface area contributed by atoms with Crippen LogP contribution in [0.4, 0.5) is 0 Å². The van der Waals surface area contributed by atoms with Crippen molar-refractivity contribution in [3.8, 4) is 0 Å². The van der Waals surface area contributed by atoms with Crippen LogP contribution >= 0.6 is 0 Å². The Labute approximate surface area is 66.4 Å². The Morgan fingerprint density at radius 2 is 1.82 bits per heavy atom. The van der Waals surface area contributed by atoms with E-state index in [-0.39, 0.29) is 6.10 Å². The van der Waals surface area contributed by atoms with Crippen molar-refractivity contribution in [1.29, 1.82) is 0 Å². The van der Waals surface area contributed by atoms with E-state index in [0.29, 0.717) is 17.8 Å². The first kappa shape index (κ1) is 6.01. The molecule has 3 rings (SSSR count). The van der Waals surface area contributed by atoms with Crippen molar-refractivity contribution in [1.82, 2.24) is 0 Å². The molecule has 1 N–H and O–H groups in total. The van der Waals surface area contributed by atoms with Crippen LogP contribution in [0.15, 0.2) is 24.3 Å². The van der Waals surface area contributed by atoms with Crippen molar-refractivity contribution in [3.63, 3.8) is 0 Å². The Balaban J connectivity index is 2.02. The van der Waals surface area contributed by atoms with Crippen molar-refractivity contribution < 1.29 is 5.11 Å². The number of aliphatic hydroxyl groups excluding tert-OH is 1. The van der Waals surface area contributed by atoms with Crippen molar-refractivity contribution in [2.75, 3.05) is 0 Å². The third-order valence-corrected chi connectivity index (χ3v) is 3.51. The van der Waals surface area contributed by atoms with Crippen LogP contribution in [0.3, 0.4) is 0 Å². The summed E-state index contributed by atoms with van der Waals surface area (Å²) in [4.78, 5) is 0. The molecule has 1 heteroatoms. The van der Waals surface area contributed by atoms with E-state index in [1.54, 1.807) is 0 Å². The van der Waals surface area contributed by atoms with Crippen LogP contribution in [0.5, 0.6) is 0 Å². The summed E-state index contributed by atoms with van der Waals surface area (Å²) in [6.07, 6.45) is 9.94. The van der Waals surface area contributed by atoms with Gasteiger partial charge in [-0.05, 0) is 24.2 Å². The zero-order chi connectivity index (χ0) is 7.42. The molecule has 0 amide bonds. The van der Waals surface area contributed by atoms with Crippen LogP contribution in [0, 0.1) is 23.7 Å². The Hall–Kier alpha value is -0.560. The summed E-state index contributed by atoms with van der Waals surface area (Å²) in [5, 5.41) is 9.60. The number of aliphatic hydroxyl groups is 1. The van der Waals surface area contributed by atoms with Gasteiger partial charge in [0.25, 0.3) is 0 Å². The molecule has 0 aromatic rings. The Bertz CT molecular complexity index is 241. The van der Waals surface area contributed by atoms with E-state index < -0.39 is 0 Å². The summed E-state index contributed by atoms with van der Waals surface area (Å²) in [6, 6.07) is 0. The van der Waals surface area contributed by atoms with Gasteiger partial charge >= 0.3 is 0 Å². The molecule has 0 heterocycles. The second-order valence-corrected chi connectivity index (χ2v) is 3.98. The highest BCUT2D eigenvalue weighted by Gasteiger charge is 2.48. The zero-order valence-corrected chi connectivity index (χ0v) is 6.35. The molecular weight excluding hydrogens is 136 g/mol. The smallest absolute Gasteiger partial charge is 0.0760 e. The maximum absolute atomic E-state index is 9.60. The maximum Gasteiger partial charge on any atom is 0.0760 e. The molecular formula is C10H12O. The predicted molar refractivity (Wildman–Crippen MR) is 42.9 cm³/mol. The highest BCUT2D eigenvalue weighted by molar-refractivity contribution is 5.24. The molecule has 0 unspecified atom stereocenters. The summed E-state index contributed by atoms with van der Waals surface area (Å²) in [7, 11) is 0. The Morgan fingerprint density at radius 3 is 2.64 bits per heavy atom. The highest BCUT2D eigenvalue weighted by atomic mass is 16.3. The van der Waals surface area contributed by atoms with Gasteiger partial charge in [0.1, 0.15) is 0 Å². The lowest BCUT2D eigenvalue weighted by molar-refractivity contribution is 0.132. The van der Waals surface area contributed by atoms with Gasteiger partial charge in [0, 0.05) is 5.92 Å². The van der Waals surface area contributed by atoms with Crippen molar-refractivity contribution in [3.05, 3.63) is 24.3 Å². The minimum absolute atomic E-state index is 0.153. The Morgan fingerprint density at radius 1 is 1.00 bits per heavy atom. The quantitative estimate of drug-likeness (QED) is 0.514. The number of fused-ring (bicyclic) bond motifs is 5. The van der Waals surface area contributed by atoms with Crippen LogP contribution in [0.1, 0.15) is 6.42 Å². The molecule has 0 aromatic heterocycles. The second kappa shape index (κ2) is 1.78. The summed E-state index contributed by atoms with van der Waals surface area (Å²) in [6.45, 7) is 0. The first-order chi connectivity index (χ1) is 5.36. The number of hydrogen-bond acceptors (Lipinski definition) is 1. The summed E-state index contributed by atoms with van der Waals surface area (Å²) < 4.78 is 0. The third kappa shape index (κ3) is 0.603. The van der Waals surface area contributed by atoms with E-state index >= 15 is 0 Å². The molecule has 1 nitrogen and oxygen atoms in total. The number of allylic oxidation sites excluding steroid dienone is 3. The molecule has 58 valence electrons. The molecule has 3 aliphatic rings. The van der Waals surface area contributed by atoms with Crippen LogP contribution < -0.4 is 0 Å². The fourth-order valence-electron chi connectivity index (χ4n) is 3.02. The highest BCUT2D eigenvalue weighted by Crippen LogP contribution is 2.52. The molecule has 0 aromatic carbocycles. The molecule has 2 bridgehead atoms. The lowest BCUT2D eigenvalue weighted by Crippen LogP contribution is -2.23. The van der Waals surface area contributed by atoms with E-state index in [2.05, 4.69) is 18.2 Å². The average molecular weight is 148 g/mol. The van der Waals surface area contributed by atoms with Gasteiger partial charge < -0.3 is 5.11 Å². The molecule has 0 saturated heterocycles. The third-order valence-electron chi connectivity index (χ3n) is 3.51. The molecule has 1 saturated carbocycles. The molecule has 0 spiro atoms. The van der Waals surface area contributed by atoms with E-state index in [1.807, 2.05) is 6.08 Å². The van der Waals surface area contributed by atoms with E-state index in [9.17, 15) is 5.11 Å². The largest absolute Gasteiger partial charge is 0.389 e. The van der Waals surface area contributed by atoms with Gasteiger partial charge in [-0.1, -0.05) is 24.3 Å². The first-order valence-electron chi connectivity index (χ1n) is 4.41. The predicted octanol–water partition coefficient (Wildman–Crippen LogP) is 1.36. The summed E-state index contributed by atoms with van der Waals surface area (Å²) >= 11 is 0. The van der Waals surface area contributed by atoms with Gasteiger partial charge in [-0.25, -0.2) is 0 Å². The minimum Gasteiger partial charge on any atom is -0.389 e. The normalized spacial score (nSPS) is 57.4.